The van der Waals surface area contributed by atoms with E-state index in [2.05, 4.69) is 188 Å². The summed E-state index contributed by atoms with van der Waals surface area (Å²) < 4.78 is 2.49. The summed E-state index contributed by atoms with van der Waals surface area (Å²) in [5.41, 5.74) is 10.2. The quantitative estimate of drug-likeness (QED) is 0.164. The second kappa shape index (κ2) is 13.6. The molecule has 9 aromatic carbocycles. The lowest BCUT2D eigenvalue weighted by Crippen LogP contribution is -1.96. The van der Waals surface area contributed by atoms with Crippen molar-refractivity contribution in [3.05, 3.63) is 200 Å². The number of rotatable bonds is 5. The number of benzene rings is 9. The predicted octanol–water partition coefficient (Wildman–Crippen LogP) is 15.2. The molecular weight excluding hydrogens is 735 g/mol. The fourth-order valence-corrected chi connectivity index (χ4v) is 10.0. The fraction of sp³-hybridized carbons (Fsp3) is 0. The van der Waals surface area contributed by atoms with Crippen molar-refractivity contribution in [2.45, 2.75) is 0 Å². The average molecular weight is 768 g/mol. The normalized spacial score (nSPS) is 11.7. The van der Waals surface area contributed by atoms with Gasteiger partial charge in [0.05, 0.1) is 22.6 Å². The van der Waals surface area contributed by atoms with Gasteiger partial charge in [-0.05, 0) is 67.7 Å². The first-order valence-electron chi connectivity index (χ1n) is 19.9. The highest BCUT2D eigenvalue weighted by atomic mass is 32.1. The first-order valence-corrected chi connectivity index (χ1v) is 20.7. The molecule has 0 N–H and O–H groups in total. The standard InChI is InChI=1S/C55H33N3S/c1-3-13-35(14-4-1)48-33-49(36-15-5-2-6-16-36)58-55(57-48)39-28-30-45-50(32-39)56-53(52-46-21-11-12-22-51(46)59-54(45)52)37-25-23-34(24-26-37)38-27-29-44-42-19-8-7-17-40(42)41-18-9-10-20-43(41)47(44)31-38/h1-33H. The maximum Gasteiger partial charge on any atom is 0.160 e. The zero-order chi connectivity index (χ0) is 38.9. The van der Waals surface area contributed by atoms with Crippen molar-refractivity contribution in [1.29, 1.82) is 0 Å². The highest BCUT2D eigenvalue weighted by Gasteiger charge is 2.19. The van der Waals surface area contributed by atoms with Crippen LogP contribution in [0.15, 0.2) is 200 Å². The largest absolute Gasteiger partial charge is 0.247 e. The number of nitrogens with zero attached hydrogens (tertiary/aromatic N) is 3. The van der Waals surface area contributed by atoms with Crippen molar-refractivity contribution in [1.82, 2.24) is 15.0 Å². The van der Waals surface area contributed by atoms with E-state index in [9.17, 15) is 0 Å². The van der Waals surface area contributed by atoms with Crippen LogP contribution in [0.1, 0.15) is 0 Å². The highest BCUT2D eigenvalue weighted by Crippen LogP contribution is 2.44. The first-order chi connectivity index (χ1) is 29.2. The third-order valence-electron chi connectivity index (χ3n) is 11.7. The minimum absolute atomic E-state index is 0.674. The second-order valence-corrected chi connectivity index (χ2v) is 16.2. The molecule has 0 fully saturated rings. The van der Waals surface area contributed by atoms with Gasteiger partial charge >= 0.3 is 0 Å². The minimum atomic E-state index is 0.674. The maximum atomic E-state index is 5.50. The molecule has 0 spiro atoms. The Kier molecular flexibility index (Phi) is 7.72. The van der Waals surface area contributed by atoms with E-state index in [0.717, 1.165) is 50.2 Å². The molecule has 3 aromatic heterocycles. The van der Waals surface area contributed by atoms with Gasteiger partial charge in [-0.2, -0.15) is 0 Å². The molecule has 0 aliphatic rings. The molecule has 0 saturated carbocycles. The third kappa shape index (κ3) is 5.60. The summed E-state index contributed by atoms with van der Waals surface area (Å²) in [6.07, 6.45) is 0. The second-order valence-electron chi connectivity index (χ2n) is 15.1. The van der Waals surface area contributed by atoms with E-state index < -0.39 is 0 Å². The molecule has 274 valence electrons. The van der Waals surface area contributed by atoms with Crippen molar-refractivity contribution in [3.63, 3.8) is 0 Å². The molecule has 59 heavy (non-hydrogen) atoms. The van der Waals surface area contributed by atoms with Crippen LogP contribution in [0, 0.1) is 0 Å². The molecule has 12 rings (SSSR count). The van der Waals surface area contributed by atoms with Crippen LogP contribution in [-0.4, -0.2) is 15.0 Å². The maximum absolute atomic E-state index is 5.50. The Morgan fingerprint density at radius 2 is 0.797 bits per heavy atom. The summed E-state index contributed by atoms with van der Waals surface area (Å²) in [7, 11) is 0. The molecule has 0 radical (unpaired) electrons. The Morgan fingerprint density at radius 3 is 1.44 bits per heavy atom. The SMILES string of the molecule is c1ccc(-c2cc(-c3ccccc3)nc(-c3ccc4c(c3)nc(-c3ccc(-c5ccc6c7ccccc7c7ccccc7c6c5)cc3)c3c5ccccc5sc43)n2)cc1. The molecular formula is C55H33N3S. The van der Waals surface area contributed by atoms with E-state index in [1.165, 1.54) is 63.6 Å². The molecule has 3 nitrogen and oxygen atoms in total. The van der Waals surface area contributed by atoms with Gasteiger partial charge in [-0.15, -0.1) is 11.3 Å². The Balaban J connectivity index is 1.01. The Bertz CT molecular complexity index is 3500. The van der Waals surface area contributed by atoms with Crippen molar-refractivity contribution in [2.75, 3.05) is 0 Å². The van der Waals surface area contributed by atoms with Crippen molar-refractivity contribution in [2.24, 2.45) is 0 Å². The van der Waals surface area contributed by atoms with Gasteiger partial charge in [0.2, 0.25) is 0 Å². The van der Waals surface area contributed by atoms with Crippen LogP contribution >= 0.6 is 11.3 Å². The summed E-state index contributed by atoms with van der Waals surface area (Å²) in [6.45, 7) is 0. The van der Waals surface area contributed by atoms with Gasteiger partial charge in [-0.3, -0.25) is 0 Å². The van der Waals surface area contributed by atoms with Crippen LogP contribution in [0.3, 0.4) is 0 Å². The van der Waals surface area contributed by atoms with Gasteiger partial charge in [0.1, 0.15) is 0 Å². The number of aromatic nitrogens is 3. The van der Waals surface area contributed by atoms with Crippen molar-refractivity contribution >= 4 is 74.7 Å². The average Bonchev–Trinajstić information content (AvgIpc) is 3.72. The van der Waals surface area contributed by atoms with E-state index in [-0.39, 0.29) is 0 Å². The lowest BCUT2D eigenvalue weighted by Gasteiger charge is -2.13. The van der Waals surface area contributed by atoms with Gasteiger partial charge in [0, 0.05) is 47.8 Å². The number of fused-ring (bicyclic) bond motifs is 11. The Hall–Kier alpha value is -7.53. The van der Waals surface area contributed by atoms with Gasteiger partial charge in [-0.25, -0.2) is 15.0 Å². The van der Waals surface area contributed by atoms with Gasteiger partial charge in [-0.1, -0.05) is 176 Å². The molecule has 0 aliphatic carbocycles. The lowest BCUT2D eigenvalue weighted by atomic mass is 9.92. The number of hydrogen-bond donors (Lipinski definition) is 0. The molecule has 0 bridgehead atoms. The summed E-state index contributed by atoms with van der Waals surface area (Å²) in [5, 5.41) is 11.2. The number of hydrogen-bond acceptors (Lipinski definition) is 4. The summed E-state index contributed by atoms with van der Waals surface area (Å²) in [5.74, 6) is 0.674. The molecule has 0 atom stereocenters. The predicted molar refractivity (Wildman–Crippen MR) is 250 cm³/mol. The van der Waals surface area contributed by atoms with Crippen LogP contribution in [0.4, 0.5) is 0 Å². The summed E-state index contributed by atoms with van der Waals surface area (Å²) in [4.78, 5) is 15.8. The minimum Gasteiger partial charge on any atom is -0.247 e. The van der Waals surface area contributed by atoms with Gasteiger partial charge in [0.15, 0.2) is 5.82 Å². The highest BCUT2D eigenvalue weighted by molar-refractivity contribution is 7.26. The molecule has 12 aromatic rings. The smallest absolute Gasteiger partial charge is 0.160 e. The molecule has 0 unspecified atom stereocenters. The Morgan fingerprint density at radius 1 is 0.305 bits per heavy atom. The number of thiophene rings is 1. The third-order valence-corrected chi connectivity index (χ3v) is 12.9. The van der Waals surface area contributed by atoms with Gasteiger partial charge in [0.25, 0.3) is 0 Å². The molecule has 0 saturated heterocycles. The zero-order valence-corrected chi connectivity index (χ0v) is 32.6. The first kappa shape index (κ1) is 33.6. The van der Waals surface area contributed by atoms with E-state index in [4.69, 9.17) is 15.0 Å². The molecule has 4 heteroatoms. The van der Waals surface area contributed by atoms with E-state index in [1.54, 1.807) is 0 Å². The molecule has 3 heterocycles. The van der Waals surface area contributed by atoms with Crippen LogP contribution in [-0.2, 0) is 0 Å². The van der Waals surface area contributed by atoms with Crippen molar-refractivity contribution < 1.29 is 0 Å². The number of pyridine rings is 1. The van der Waals surface area contributed by atoms with Crippen LogP contribution in [0.5, 0.6) is 0 Å². The van der Waals surface area contributed by atoms with Crippen molar-refractivity contribution in [3.8, 4) is 56.3 Å². The van der Waals surface area contributed by atoms with E-state index >= 15 is 0 Å². The summed E-state index contributed by atoms with van der Waals surface area (Å²) in [6, 6.07) is 71.3. The van der Waals surface area contributed by atoms with Gasteiger partial charge < -0.3 is 0 Å². The lowest BCUT2D eigenvalue weighted by molar-refractivity contribution is 1.18. The Labute approximate surface area is 344 Å². The van der Waals surface area contributed by atoms with Crippen LogP contribution in [0.2, 0.25) is 0 Å². The molecule has 0 aliphatic heterocycles. The topological polar surface area (TPSA) is 38.7 Å². The monoisotopic (exact) mass is 767 g/mol. The van der Waals surface area contributed by atoms with Crippen LogP contribution in [0.25, 0.3) is 120 Å². The zero-order valence-electron chi connectivity index (χ0n) is 31.8. The van der Waals surface area contributed by atoms with E-state index in [0.29, 0.717) is 5.82 Å². The summed E-state index contributed by atoms with van der Waals surface area (Å²) >= 11 is 1.83. The molecule has 0 amide bonds. The fourth-order valence-electron chi connectivity index (χ4n) is 8.81. The van der Waals surface area contributed by atoms with Crippen LogP contribution < -0.4 is 0 Å². The van der Waals surface area contributed by atoms with E-state index in [1.807, 2.05) is 23.5 Å².